The molecule has 0 aromatic heterocycles. The van der Waals surface area contributed by atoms with Gasteiger partial charge >= 0.3 is 0 Å². The summed E-state index contributed by atoms with van der Waals surface area (Å²) in [6.07, 6.45) is 11.5. The summed E-state index contributed by atoms with van der Waals surface area (Å²) in [5, 5.41) is 0. The zero-order valence-corrected chi connectivity index (χ0v) is 10.7. The third-order valence-corrected chi connectivity index (χ3v) is 8.25. The zero-order valence-electron chi connectivity index (χ0n) is 10.7. The predicted octanol–water partition coefficient (Wildman–Crippen LogP) is 3.96. The van der Waals surface area contributed by atoms with Gasteiger partial charge in [0.05, 0.1) is 0 Å². The minimum absolute atomic E-state index is 1.20. The number of rotatable bonds is 0. The highest BCUT2D eigenvalue weighted by Crippen LogP contribution is 2.76. The fraction of sp³-hybridized carbons (Fsp3) is 1.00. The molecule has 0 heteroatoms. The van der Waals surface area contributed by atoms with Gasteiger partial charge in [-0.05, 0) is 84.9 Å². The van der Waals surface area contributed by atoms with Crippen LogP contribution in [0, 0.1) is 59.2 Å². The average molecular weight is 228 g/mol. The summed E-state index contributed by atoms with van der Waals surface area (Å²) in [4.78, 5) is 0. The SMILES string of the molecule is C1CC2CC3C4CC4C4CC4C3C3CC(C1)C23. The van der Waals surface area contributed by atoms with Crippen LogP contribution in [0.2, 0.25) is 0 Å². The zero-order chi connectivity index (χ0) is 10.7. The minimum Gasteiger partial charge on any atom is -0.0528 e. The van der Waals surface area contributed by atoms with E-state index in [1.165, 1.54) is 59.2 Å². The van der Waals surface area contributed by atoms with Crippen LogP contribution in [0.25, 0.3) is 0 Å². The van der Waals surface area contributed by atoms with Crippen molar-refractivity contribution >= 4 is 0 Å². The second-order valence-corrected chi connectivity index (χ2v) is 8.53. The van der Waals surface area contributed by atoms with Gasteiger partial charge in [0.2, 0.25) is 0 Å². The van der Waals surface area contributed by atoms with Crippen LogP contribution >= 0.6 is 0 Å². The molecule has 0 spiro atoms. The van der Waals surface area contributed by atoms with Crippen LogP contribution in [-0.2, 0) is 0 Å². The van der Waals surface area contributed by atoms with Crippen LogP contribution in [0.1, 0.15) is 44.9 Å². The molecule has 0 saturated heterocycles. The van der Waals surface area contributed by atoms with Gasteiger partial charge in [-0.25, -0.2) is 0 Å². The molecule has 6 saturated carbocycles. The van der Waals surface area contributed by atoms with E-state index in [0.29, 0.717) is 0 Å². The maximum absolute atomic E-state index is 1.69. The van der Waals surface area contributed by atoms with Crippen molar-refractivity contribution in [3.05, 3.63) is 0 Å². The van der Waals surface area contributed by atoms with Crippen LogP contribution < -0.4 is 0 Å². The molecular formula is C17H24. The van der Waals surface area contributed by atoms with Crippen molar-refractivity contribution in [1.82, 2.24) is 0 Å². The van der Waals surface area contributed by atoms with Gasteiger partial charge in [0.25, 0.3) is 0 Å². The van der Waals surface area contributed by atoms with E-state index in [9.17, 15) is 0 Å². The van der Waals surface area contributed by atoms with Gasteiger partial charge in [0.1, 0.15) is 0 Å². The van der Waals surface area contributed by atoms with Crippen LogP contribution in [0.3, 0.4) is 0 Å². The van der Waals surface area contributed by atoms with Crippen molar-refractivity contribution in [2.24, 2.45) is 59.2 Å². The van der Waals surface area contributed by atoms with Crippen LogP contribution in [-0.4, -0.2) is 0 Å². The summed E-state index contributed by atoms with van der Waals surface area (Å²) in [5.41, 5.74) is 0. The molecule has 6 aliphatic rings. The standard InChI is InChI=1S/C17H24/c1-2-8-4-13-11-6-10(11)12-7-14(12)17(13)15-5-9(3-1)16(8)15/h8-17H,1-7H2. The van der Waals surface area contributed by atoms with Crippen LogP contribution in [0.4, 0.5) is 0 Å². The van der Waals surface area contributed by atoms with Gasteiger partial charge in [-0.15, -0.1) is 0 Å². The van der Waals surface area contributed by atoms with E-state index in [2.05, 4.69) is 0 Å². The molecule has 6 fully saturated rings. The first-order valence-electron chi connectivity index (χ1n) is 8.42. The Kier molecular flexibility index (Phi) is 1.39. The highest BCUT2D eigenvalue weighted by atomic mass is 14.7. The molecule has 92 valence electrons. The summed E-state index contributed by atoms with van der Waals surface area (Å²) in [5.74, 6) is 12.3. The monoisotopic (exact) mass is 228 g/mol. The van der Waals surface area contributed by atoms with E-state index in [0.717, 1.165) is 0 Å². The summed E-state index contributed by atoms with van der Waals surface area (Å²) >= 11 is 0. The largest absolute Gasteiger partial charge is 0.0528 e. The molecule has 0 aromatic rings. The van der Waals surface area contributed by atoms with Gasteiger partial charge < -0.3 is 0 Å². The van der Waals surface area contributed by atoms with Crippen molar-refractivity contribution in [1.29, 1.82) is 0 Å². The lowest BCUT2D eigenvalue weighted by Crippen LogP contribution is -2.55. The van der Waals surface area contributed by atoms with E-state index in [1.54, 1.807) is 44.9 Å². The van der Waals surface area contributed by atoms with Crippen molar-refractivity contribution in [3.63, 3.8) is 0 Å². The number of fused-ring (bicyclic) bond motifs is 7. The molecule has 0 nitrogen and oxygen atoms in total. The first-order valence-corrected chi connectivity index (χ1v) is 8.42. The molecule has 0 N–H and O–H groups in total. The second kappa shape index (κ2) is 2.63. The lowest BCUT2D eigenvalue weighted by atomic mass is 9.43. The molecule has 0 bridgehead atoms. The molecule has 0 heterocycles. The van der Waals surface area contributed by atoms with Crippen LogP contribution in [0.15, 0.2) is 0 Å². The molecule has 0 amide bonds. The molecule has 10 unspecified atom stereocenters. The van der Waals surface area contributed by atoms with Gasteiger partial charge in [-0.3, -0.25) is 0 Å². The summed E-state index contributed by atoms with van der Waals surface area (Å²) in [7, 11) is 0. The Morgan fingerprint density at radius 3 is 1.88 bits per heavy atom. The Balaban J connectivity index is 1.40. The van der Waals surface area contributed by atoms with Crippen molar-refractivity contribution < 1.29 is 0 Å². The van der Waals surface area contributed by atoms with Gasteiger partial charge in [-0.1, -0.05) is 19.3 Å². The van der Waals surface area contributed by atoms with Gasteiger partial charge in [0.15, 0.2) is 0 Å². The van der Waals surface area contributed by atoms with E-state index >= 15 is 0 Å². The summed E-state index contributed by atoms with van der Waals surface area (Å²) < 4.78 is 0. The molecule has 6 aliphatic carbocycles. The Bertz CT molecular complexity index is 385. The number of hydrogen-bond donors (Lipinski definition) is 0. The topological polar surface area (TPSA) is 0 Å². The highest BCUT2D eigenvalue weighted by molar-refractivity contribution is 5.18. The Labute approximate surface area is 105 Å². The van der Waals surface area contributed by atoms with Crippen molar-refractivity contribution in [3.8, 4) is 0 Å². The third kappa shape index (κ3) is 0.932. The van der Waals surface area contributed by atoms with E-state index in [1.807, 2.05) is 0 Å². The predicted molar refractivity (Wildman–Crippen MR) is 67.2 cm³/mol. The first kappa shape index (κ1) is 8.99. The smallest absolute Gasteiger partial charge is 0.0320 e. The molecular weight excluding hydrogens is 204 g/mol. The third-order valence-electron chi connectivity index (χ3n) is 8.25. The molecule has 10 atom stereocenters. The summed E-state index contributed by atoms with van der Waals surface area (Å²) in [6.45, 7) is 0. The van der Waals surface area contributed by atoms with E-state index < -0.39 is 0 Å². The minimum atomic E-state index is 1.20. The lowest BCUT2D eigenvalue weighted by Gasteiger charge is -2.61. The molecule has 0 aromatic carbocycles. The lowest BCUT2D eigenvalue weighted by molar-refractivity contribution is -0.129. The Morgan fingerprint density at radius 2 is 1.06 bits per heavy atom. The summed E-state index contributed by atoms with van der Waals surface area (Å²) in [6, 6.07) is 0. The van der Waals surface area contributed by atoms with Crippen molar-refractivity contribution in [2.75, 3.05) is 0 Å². The highest BCUT2D eigenvalue weighted by Gasteiger charge is 2.70. The fourth-order valence-corrected chi connectivity index (χ4v) is 7.70. The average Bonchev–Trinajstić information content (AvgIpc) is 3.14. The maximum Gasteiger partial charge on any atom is -0.0320 e. The van der Waals surface area contributed by atoms with Crippen LogP contribution in [0.5, 0.6) is 0 Å². The second-order valence-electron chi connectivity index (χ2n) is 8.53. The molecule has 0 aliphatic heterocycles. The molecule has 17 heavy (non-hydrogen) atoms. The first-order chi connectivity index (χ1) is 8.42. The van der Waals surface area contributed by atoms with Crippen molar-refractivity contribution in [2.45, 2.75) is 44.9 Å². The number of hydrogen-bond acceptors (Lipinski definition) is 0. The fourth-order valence-electron chi connectivity index (χ4n) is 7.70. The van der Waals surface area contributed by atoms with Gasteiger partial charge in [0, 0.05) is 0 Å². The van der Waals surface area contributed by atoms with E-state index in [-0.39, 0.29) is 0 Å². The maximum atomic E-state index is 1.69. The quantitative estimate of drug-likeness (QED) is 0.588. The molecule has 6 rings (SSSR count). The normalized spacial score (nSPS) is 73.4. The molecule has 0 radical (unpaired) electrons. The van der Waals surface area contributed by atoms with Gasteiger partial charge in [-0.2, -0.15) is 0 Å². The Hall–Kier alpha value is 0. The van der Waals surface area contributed by atoms with E-state index in [4.69, 9.17) is 0 Å². The Morgan fingerprint density at radius 1 is 0.471 bits per heavy atom.